The van der Waals surface area contributed by atoms with Crippen molar-refractivity contribution < 1.29 is 27.4 Å². The van der Waals surface area contributed by atoms with Gasteiger partial charge in [0.05, 0.1) is 18.8 Å². The van der Waals surface area contributed by atoms with Crippen LogP contribution in [0.15, 0.2) is 23.3 Å². The molecule has 7 nitrogen and oxygen atoms in total. The van der Waals surface area contributed by atoms with Crippen molar-refractivity contribution in [2.75, 3.05) is 40.0 Å². The molecule has 0 saturated carbocycles. The molecule has 10 heteroatoms. The number of ether oxygens (including phenoxy) is 3. The lowest BCUT2D eigenvalue weighted by molar-refractivity contribution is -0.154. The number of likely N-dealkylation sites (tertiary alicyclic amines) is 1. The van der Waals surface area contributed by atoms with E-state index in [4.69, 9.17) is 14.2 Å². The van der Waals surface area contributed by atoms with Gasteiger partial charge in [0.1, 0.15) is 0 Å². The summed E-state index contributed by atoms with van der Waals surface area (Å²) in [6.07, 6.45) is 2.61. The molecule has 3 heterocycles. The van der Waals surface area contributed by atoms with Crippen molar-refractivity contribution in [3.8, 4) is 5.88 Å². The summed E-state index contributed by atoms with van der Waals surface area (Å²) < 4.78 is 54.0. The number of pyridine rings is 1. The second kappa shape index (κ2) is 11.5. The van der Waals surface area contributed by atoms with Crippen molar-refractivity contribution in [3.05, 3.63) is 23.9 Å². The minimum absolute atomic E-state index is 0.0279. The summed E-state index contributed by atoms with van der Waals surface area (Å²) in [7, 11) is 1.69. The molecular formula is C21H31F3N4O3. The van der Waals surface area contributed by atoms with Gasteiger partial charge in [0, 0.05) is 45.0 Å². The molecule has 2 saturated heterocycles. The van der Waals surface area contributed by atoms with Crippen LogP contribution in [-0.4, -0.2) is 74.2 Å². The second-order valence-corrected chi connectivity index (χ2v) is 7.78. The number of rotatable bonds is 7. The van der Waals surface area contributed by atoms with Gasteiger partial charge in [0.25, 0.3) is 0 Å². The lowest BCUT2D eigenvalue weighted by atomic mass is 10.1. The van der Waals surface area contributed by atoms with Crippen molar-refractivity contribution in [1.82, 2.24) is 15.2 Å². The number of hydrogen-bond acceptors (Lipinski definition) is 5. The van der Waals surface area contributed by atoms with Gasteiger partial charge in [-0.25, -0.2) is 4.98 Å². The first-order chi connectivity index (χ1) is 14.9. The molecule has 0 spiro atoms. The first-order valence-corrected chi connectivity index (χ1v) is 10.8. The van der Waals surface area contributed by atoms with E-state index in [9.17, 15) is 13.2 Å². The predicted molar refractivity (Wildman–Crippen MR) is 110 cm³/mol. The van der Waals surface area contributed by atoms with Crippen LogP contribution in [0.25, 0.3) is 0 Å². The average Bonchev–Trinajstić information content (AvgIpc) is 2.78. The Morgan fingerprint density at radius 3 is 2.77 bits per heavy atom. The molecule has 0 aromatic carbocycles. The van der Waals surface area contributed by atoms with Crippen molar-refractivity contribution >= 4 is 5.96 Å². The molecule has 1 N–H and O–H groups in total. The Kier molecular flexibility index (Phi) is 8.77. The van der Waals surface area contributed by atoms with Gasteiger partial charge in [0.15, 0.2) is 12.6 Å². The van der Waals surface area contributed by atoms with Gasteiger partial charge in [-0.2, -0.15) is 13.2 Å². The fourth-order valence-electron chi connectivity index (χ4n) is 3.76. The normalized spacial score (nSPS) is 21.2. The minimum atomic E-state index is -4.41. The van der Waals surface area contributed by atoms with E-state index in [2.05, 4.69) is 20.2 Å². The van der Waals surface area contributed by atoms with Crippen LogP contribution >= 0.6 is 0 Å². The first kappa shape index (κ1) is 23.6. The van der Waals surface area contributed by atoms with Gasteiger partial charge in [-0.3, -0.25) is 4.99 Å². The maximum Gasteiger partial charge on any atom is 0.422 e. The topological polar surface area (TPSA) is 68.2 Å². The summed E-state index contributed by atoms with van der Waals surface area (Å²) in [6.45, 7) is 1.96. The molecule has 0 amide bonds. The quantitative estimate of drug-likeness (QED) is 0.515. The fourth-order valence-corrected chi connectivity index (χ4v) is 3.76. The third kappa shape index (κ3) is 7.84. The van der Waals surface area contributed by atoms with Crippen molar-refractivity contribution in [3.63, 3.8) is 0 Å². The standard InChI is InChI=1S/C21H31F3N4O3/c1-25-20(27-13-16-5-4-9-26-19(16)31-15-21(22,23)24)28-10-7-17(8-11-28)30-14-18-6-2-3-12-29-18/h4-5,9,17-18H,2-3,6-8,10-15H2,1H3,(H,25,27). The average molecular weight is 444 g/mol. The monoisotopic (exact) mass is 444 g/mol. The Morgan fingerprint density at radius 2 is 2.10 bits per heavy atom. The Bertz CT molecular complexity index is 703. The number of nitrogens with one attached hydrogen (secondary N) is 1. The molecular weight excluding hydrogens is 413 g/mol. The molecule has 2 aliphatic rings. The summed E-state index contributed by atoms with van der Waals surface area (Å²) in [6, 6.07) is 3.35. The van der Waals surface area contributed by atoms with Crippen LogP contribution in [0.3, 0.4) is 0 Å². The molecule has 31 heavy (non-hydrogen) atoms. The number of alkyl halides is 3. The van der Waals surface area contributed by atoms with Gasteiger partial charge in [-0.15, -0.1) is 0 Å². The molecule has 174 valence electrons. The van der Waals surface area contributed by atoms with E-state index in [1.165, 1.54) is 12.6 Å². The van der Waals surface area contributed by atoms with E-state index in [-0.39, 0.29) is 24.6 Å². The molecule has 0 radical (unpaired) electrons. The van der Waals surface area contributed by atoms with E-state index in [0.29, 0.717) is 18.1 Å². The van der Waals surface area contributed by atoms with Crippen LogP contribution in [0, 0.1) is 0 Å². The van der Waals surface area contributed by atoms with Crippen molar-refractivity contribution in [2.45, 2.75) is 57.0 Å². The molecule has 1 unspecified atom stereocenters. The minimum Gasteiger partial charge on any atom is -0.468 e. The number of aliphatic imine (C=N–C) groups is 1. The lowest BCUT2D eigenvalue weighted by Gasteiger charge is -2.35. The molecule has 1 aromatic rings. The summed E-state index contributed by atoms with van der Waals surface area (Å²) in [4.78, 5) is 10.4. The summed E-state index contributed by atoms with van der Waals surface area (Å²) >= 11 is 0. The van der Waals surface area contributed by atoms with Gasteiger partial charge in [-0.05, 0) is 38.2 Å². The number of halogens is 3. The van der Waals surface area contributed by atoms with Crippen LogP contribution < -0.4 is 10.1 Å². The van der Waals surface area contributed by atoms with Crippen LogP contribution in [0.5, 0.6) is 5.88 Å². The van der Waals surface area contributed by atoms with Gasteiger partial charge < -0.3 is 24.4 Å². The maximum atomic E-state index is 12.5. The van der Waals surface area contributed by atoms with E-state index >= 15 is 0 Å². The number of aromatic nitrogens is 1. The number of guanidine groups is 1. The largest absolute Gasteiger partial charge is 0.468 e. The molecule has 0 bridgehead atoms. The highest BCUT2D eigenvalue weighted by Crippen LogP contribution is 2.21. The SMILES string of the molecule is CN=C(NCc1cccnc1OCC(F)(F)F)N1CCC(OCC2CCCCO2)CC1. The fraction of sp³-hybridized carbons (Fsp3) is 0.714. The zero-order chi connectivity index (χ0) is 22.1. The van der Waals surface area contributed by atoms with Crippen LogP contribution in [0.2, 0.25) is 0 Å². The highest BCUT2D eigenvalue weighted by Gasteiger charge is 2.29. The summed E-state index contributed by atoms with van der Waals surface area (Å²) in [5.74, 6) is 0.666. The Hall–Kier alpha value is -2.07. The van der Waals surface area contributed by atoms with Gasteiger partial charge in [0.2, 0.25) is 5.88 Å². The van der Waals surface area contributed by atoms with E-state index < -0.39 is 12.8 Å². The Balaban J connectivity index is 1.44. The first-order valence-electron chi connectivity index (χ1n) is 10.8. The smallest absolute Gasteiger partial charge is 0.422 e. The van der Waals surface area contributed by atoms with Crippen molar-refractivity contribution in [2.24, 2.45) is 4.99 Å². The number of hydrogen-bond donors (Lipinski definition) is 1. The molecule has 0 aliphatic carbocycles. The van der Waals surface area contributed by atoms with Crippen molar-refractivity contribution in [1.29, 1.82) is 0 Å². The third-order valence-electron chi connectivity index (χ3n) is 5.40. The maximum absolute atomic E-state index is 12.5. The third-order valence-corrected chi connectivity index (χ3v) is 5.40. The zero-order valence-electron chi connectivity index (χ0n) is 17.9. The van der Waals surface area contributed by atoms with Crippen LogP contribution in [-0.2, 0) is 16.0 Å². The predicted octanol–water partition coefficient (Wildman–Crippen LogP) is 3.15. The molecule has 2 aliphatic heterocycles. The zero-order valence-corrected chi connectivity index (χ0v) is 17.9. The molecule has 2 fully saturated rings. The second-order valence-electron chi connectivity index (χ2n) is 7.78. The van der Waals surface area contributed by atoms with Crippen LogP contribution in [0.4, 0.5) is 13.2 Å². The van der Waals surface area contributed by atoms with Crippen LogP contribution in [0.1, 0.15) is 37.7 Å². The van der Waals surface area contributed by atoms with E-state index in [0.717, 1.165) is 45.4 Å². The molecule has 1 atom stereocenters. The lowest BCUT2D eigenvalue weighted by Crippen LogP contribution is -2.47. The van der Waals surface area contributed by atoms with E-state index in [1.807, 2.05) is 0 Å². The molecule has 1 aromatic heterocycles. The summed E-state index contributed by atoms with van der Waals surface area (Å²) in [5, 5.41) is 3.21. The Labute approximate surface area is 181 Å². The van der Waals surface area contributed by atoms with E-state index in [1.54, 1.807) is 19.2 Å². The number of nitrogens with zero attached hydrogens (tertiary/aromatic N) is 3. The highest BCUT2D eigenvalue weighted by molar-refractivity contribution is 5.80. The Morgan fingerprint density at radius 1 is 1.29 bits per heavy atom. The highest BCUT2D eigenvalue weighted by atomic mass is 19.4. The summed E-state index contributed by atoms with van der Waals surface area (Å²) in [5.41, 5.74) is 0.540. The number of piperidine rings is 1. The molecule has 3 rings (SSSR count). The van der Waals surface area contributed by atoms with Gasteiger partial charge >= 0.3 is 6.18 Å². The van der Waals surface area contributed by atoms with Gasteiger partial charge in [-0.1, -0.05) is 6.07 Å².